The topological polar surface area (TPSA) is 68.8 Å². The molecule has 0 radical (unpaired) electrons. The molecule has 2 aromatic carbocycles. The van der Waals surface area contributed by atoms with Crippen LogP contribution in [0.2, 0.25) is 0 Å². The van der Waals surface area contributed by atoms with Crippen molar-refractivity contribution in [3.8, 4) is 17.2 Å². The molecule has 2 aromatic rings. The van der Waals surface area contributed by atoms with Crippen molar-refractivity contribution in [2.24, 2.45) is 0 Å². The molecule has 25 heavy (non-hydrogen) atoms. The number of carbonyl (C=O) groups is 1. The van der Waals surface area contributed by atoms with E-state index in [1.807, 2.05) is 49.5 Å². The highest BCUT2D eigenvalue weighted by atomic mass is 16.5. The van der Waals surface area contributed by atoms with Gasteiger partial charge in [-0.25, -0.2) is 0 Å². The number of likely N-dealkylation sites (N-methyl/N-ethyl adjacent to an activating group) is 1. The highest BCUT2D eigenvalue weighted by molar-refractivity contribution is 5.77. The fourth-order valence-electron chi connectivity index (χ4n) is 2.54. The van der Waals surface area contributed by atoms with Crippen LogP contribution in [0.4, 0.5) is 0 Å². The second-order valence-corrected chi connectivity index (χ2v) is 5.36. The van der Waals surface area contributed by atoms with E-state index >= 15 is 0 Å². The fraction of sp³-hybridized carbons (Fsp3) is 0.316. The average Bonchev–Trinajstić information content (AvgIpc) is 2.67. The molecule has 0 heterocycles. The Kier molecular flexibility index (Phi) is 6.65. The first kappa shape index (κ1) is 18.6. The zero-order valence-corrected chi connectivity index (χ0v) is 15.0. The lowest BCUT2D eigenvalue weighted by Crippen LogP contribution is -2.24. The first-order chi connectivity index (χ1) is 12.1. The molecule has 6 heteroatoms. The van der Waals surface area contributed by atoms with Crippen LogP contribution in [0.1, 0.15) is 17.2 Å². The van der Waals surface area contributed by atoms with Crippen molar-refractivity contribution in [3.63, 3.8) is 0 Å². The predicted molar refractivity (Wildman–Crippen MR) is 96.5 cm³/mol. The van der Waals surface area contributed by atoms with E-state index in [-0.39, 0.29) is 18.6 Å². The SMILES string of the molecule is CNC(=O)COc1ccc(C(NC)c2ccc(OC)cc2OC)cc1. The number of rotatable bonds is 8. The quantitative estimate of drug-likeness (QED) is 0.768. The van der Waals surface area contributed by atoms with E-state index in [0.717, 1.165) is 22.6 Å². The molecule has 134 valence electrons. The van der Waals surface area contributed by atoms with Crippen LogP contribution < -0.4 is 24.8 Å². The number of benzene rings is 2. The first-order valence-electron chi connectivity index (χ1n) is 7.95. The summed E-state index contributed by atoms with van der Waals surface area (Å²) in [5, 5.41) is 5.82. The monoisotopic (exact) mass is 344 g/mol. The van der Waals surface area contributed by atoms with Gasteiger partial charge >= 0.3 is 0 Å². The van der Waals surface area contributed by atoms with Crippen LogP contribution in [0.5, 0.6) is 17.2 Å². The van der Waals surface area contributed by atoms with Gasteiger partial charge in [0, 0.05) is 18.7 Å². The molecular weight excluding hydrogens is 320 g/mol. The van der Waals surface area contributed by atoms with Gasteiger partial charge < -0.3 is 24.8 Å². The normalized spacial score (nSPS) is 11.5. The Bertz CT molecular complexity index is 701. The summed E-state index contributed by atoms with van der Waals surface area (Å²) in [5.74, 6) is 1.97. The molecule has 2 rings (SSSR count). The number of ether oxygens (including phenoxy) is 3. The number of methoxy groups -OCH3 is 2. The van der Waals surface area contributed by atoms with Gasteiger partial charge in [0.2, 0.25) is 0 Å². The van der Waals surface area contributed by atoms with Crippen LogP contribution in [0.15, 0.2) is 42.5 Å². The van der Waals surface area contributed by atoms with Crippen molar-refractivity contribution in [3.05, 3.63) is 53.6 Å². The van der Waals surface area contributed by atoms with Gasteiger partial charge in [0.15, 0.2) is 6.61 Å². The van der Waals surface area contributed by atoms with Crippen molar-refractivity contribution in [1.29, 1.82) is 0 Å². The Labute approximate surface area is 148 Å². The van der Waals surface area contributed by atoms with E-state index in [0.29, 0.717) is 5.75 Å². The number of hydrogen-bond acceptors (Lipinski definition) is 5. The third-order valence-electron chi connectivity index (χ3n) is 3.90. The standard InChI is InChI=1S/C19H24N2O4/c1-20-18(22)12-25-14-7-5-13(6-8-14)19(21-2)16-10-9-15(23-3)11-17(16)24-4/h5-11,19,21H,12H2,1-4H3,(H,20,22). The lowest BCUT2D eigenvalue weighted by Gasteiger charge is -2.20. The minimum Gasteiger partial charge on any atom is -0.497 e. The lowest BCUT2D eigenvalue weighted by molar-refractivity contribution is -0.122. The summed E-state index contributed by atoms with van der Waals surface area (Å²) in [6.45, 7) is -0.00238. The summed E-state index contributed by atoms with van der Waals surface area (Å²) in [4.78, 5) is 11.2. The van der Waals surface area contributed by atoms with E-state index < -0.39 is 0 Å². The number of amides is 1. The molecule has 0 aliphatic carbocycles. The van der Waals surface area contributed by atoms with Crippen LogP contribution in [0, 0.1) is 0 Å². The van der Waals surface area contributed by atoms with Gasteiger partial charge in [0.25, 0.3) is 5.91 Å². The van der Waals surface area contributed by atoms with Gasteiger partial charge in [-0.15, -0.1) is 0 Å². The Morgan fingerprint density at radius 3 is 2.24 bits per heavy atom. The van der Waals surface area contributed by atoms with Crippen LogP contribution >= 0.6 is 0 Å². The summed E-state index contributed by atoms with van der Waals surface area (Å²) < 4.78 is 16.2. The van der Waals surface area contributed by atoms with E-state index in [1.165, 1.54) is 0 Å². The minimum atomic E-state index is -0.167. The third-order valence-corrected chi connectivity index (χ3v) is 3.90. The second kappa shape index (κ2) is 8.94. The van der Waals surface area contributed by atoms with Crippen molar-refractivity contribution in [2.75, 3.05) is 34.9 Å². The number of hydrogen-bond donors (Lipinski definition) is 2. The summed E-state index contributed by atoms with van der Waals surface area (Å²) in [7, 11) is 6.74. The van der Waals surface area contributed by atoms with Crippen LogP contribution in [-0.4, -0.2) is 40.8 Å². The Morgan fingerprint density at radius 2 is 1.68 bits per heavy atom. The molecule has 0 saturated carbocycles. The smallest absolute Gasteiger partial charge is 0.257 e. The van der Waals surface area contributed by atoms with Gasteiger partial charge in [0.05, 0.1) is 20.3 Å². The largest absolute Gasteiger partial charge is 0.497 e. The molecule has 0 aliphatic rings. The molecule has 0 aliphatic heterocycles. The van der Waals surface area contributed by atoms with Gasteiger partial charge in [-0.05, 0) is 36.9 Å². The van der Waals surface area contributed by atoms with Crippen molar-refractivity contribution in [1.82, 2.24) is 10.6 Å². The first-order valence-corrected chi connectivity index (χ1v) is 7.95. The Morgan fingerprint density at radius 1 is 1.00 bits per heavy atom. The van der Waals surface area contributed by atoms with Crippen LogP contribution in [-0.2, 0) is 4.79 Å². The summed E-state index contributed by atoms with van der Waals surface area (Å²) in [6.07, 6.45) is 0. The zero-order chi connectivity index (χ0) is 18.2. The zero-order valence-electron chi connectivity index (χ0n) is 15.0. The molecule has 1 amide bonds. The van der Waals surface area contributed by atoms with E-state index in [4.69, 9.17) is 14.2 Å². The van der Waals surface area contributed by atoms with Crippen LogP contribution in [0.25, 0.3) is 0 Å². The highest BCUT2D eigenvalue weighted by Gasteiger charge is 2.17. The second-order valence-electron chi connectivity index (χ2n) is 5.36. The molecular formula is C19H24N2O4. The number of carbonyl (C=O) groups excluding carboxylic acids is 1. The summed E-state index contributed by atoms with van der Waals surface area (Å²) in [6, 6.07) is 13.3. The lowest BCUT2D eigenvalue weighted by atomic mass is 9.97. The molecule has 0 bridgehead atoms. The Balaban J connectivity index is 2.22. The third kappa shape index (κ3) is 4.64. The van der Waals surface area contributed by atoms with E-state index in [1.54, 1.807) is 21.3 Å². The highest BCUT2D eigenvalue weighted by Crippen LogP contribution is 2.33. The Hall–Kier alpha value is -2.73. The molecule has 1 atom stereocenters. The van der Waals surface area contributed by atoms with Crippen molar-refractivity contribution >= 4 is 5.91 Å². The summed E-state index contributed by atoms with van der Waals surface area (Å²) >= 11 is 0. The van der Waals surface area contributed by atoms with Crippen molar-refractivity contribution in [2.45, 2.75) is 6.04 Å². The molecule has 2 N–H and O–H groups in total. The molecule has 0 spiro atoms. The van der Waals surface area contributed by atoms with E-state index in [9.17, 15) is 4.79 Å². The van der Waals surface area contributed by atoms with Gasteiger partial charge in [-0.1, -0.05) is 12.1 Å². The molecule has 6 nitrogen and oxygen atoms in total. The molecule has 0 saturated heterocycles. The molecule has 0 fully saturated rings. The fourth-order valence-corrected chi connectivity index (χ4v) is 2.54. The maximum Gasteiger partial charge on any atom is 0.257 e. The minimum absolute atomic E-state index is 0.00238. The maximum absolute atomic E-state index is 11.2. The molecule has 1 unspecified atom stereocenters. The molecule has 0 aromatic heterocycles. The van der Waals surface area contributed by atoms with E-state index in [2.05, 4.69) is 10.6 Å². The van der Waals surface area contributed by atoms with Gasteiger partial charge in [-0.3, -0.25) is 4.79 Å². The average molecular weight is 344 g/mol. The summed E-state index contributed by atoms with van der Waals surface area (Å²) in [5.41, 5.74) is 2.06. The van der Waals surface area contributed by atoms with Crippen LogP contribution in [0.3, 0.4) is 0 Å². The maximum atomic E-state index is 11.2. The van der Waals surface area contributed by atoms with Gasteiger partial charge in [0.1, 0.15) is 17.2 Å². The predicted octanol–water partition coefficient (Wildman–Crippen LogP) is 2.14. The number of nitrogens with one attached hydrogen (secondary N) is 2. The van der Waals surface area contributed by atoms with Gasteiger partial charge in [-0.2, -0.15) is 0 Å². The van der Waals surface area contributed by atoms with Crippen molar-refractivity contribution < 1.29 is 19.0 Å².